The van der Waals surface area contributed by atoms with E-state index >= 15 is 0 Å². The number of aliphatic carboxylic acids is 1. The van der Waals surface area contributed by atoms with Crippen LogP contribution in [-0.2, 0) is 9.53 Å². The van der Waals surface area contributed by atoms with Gasteiger partial charge in [0.25, 0.3) is 5.92 Å². The zero-order chi connectivity index (χ0) is 13.9. The van der Waals surface area contributed by atoms with Crippen molar-refractivity contribution in [1.82, 2.24) is 4.90 Å². The Labute approximate surface area is 103 Å². The van der Waals surface area contributed by atoms with Crippen molar-refractivity contribution < 1.29 is 28.2 Å². The zero-order valence-electron chi connectivity index (χ0n) is 10.4. The minimum atomic E-state index is -2.99. The van der Waals surface area contributed by atoms with Crippen LogP contribution in [0.15, 0.2) is 0 Å². The van der Waals surface area contributed by atoms with Crippen molar-refractivity contribution in [3.05, 3.63) is 0 Å². The predicted octanol–water partition coefficient (Wildman–Crippen LogP) is 1.72. The summed E-state index contributed by atoms with van der Waals surface area (Å²) in [6, 6.07) is -1.48. The van der Waals surface area contributed by atoms with Gasteiger partial charge in [0.15, 0.2) is 0 Å². The van der Waals surface area contributed by atoms with Gasteiger partial charge in [0, 0.05) is 13.0 Å². The van der Waals surface area contributed by atoms with E-state index in [4.69, 9.17) is 9.84 Å². The van der Waals surface area contributed by atoms with Crippen molar-refractivity contribution in [2.75, 3.05) is 6.54 Å². The summed E-state index contributed by atoms with van der Waals surface area (Å²) in [5, 5.41) is 8.98. The Bertz CT molecular complexity index is 418. The number of alkyl halides is 2. The van der Waals surface area contributed by atoms with Gasteiger partial charge in [-0.1, -0.05) is 0 Å². The number of carbonyl (C=O) groups is 2. The largest absolute Gasteiger partial charge is 0.480 e. The van der Waals surface area contributed by atoms with Gasteiger partial charge in [0.2, 0.25) is 0 Å². The summed E-state index contributed by atoms with van der Waals surface area (Å²) >= 11 is 0. The highest BCUT2D eigenvalue weighted by Crippen LogP contribution is 2.68. The molecule has 0 radical (unpaired) electrons. The van der Waals surface area contributed by atoms with Gasteiger partial charge in [-0.05, 0) is 20.8 Å². The van der Waals surface area contributed by atoms with E-state index < -0.39 is 41.5 Å². The highest BCUT2D eigenvalue weighted by Gasteiger charge is 2.83. The van der Waals surface area contributed by atoms with Crippen LogP contribution in [0.5, 0.6) is 0 Å². The average Bonchev–Trinajstić information content (AvgIpc) is 2.62. The number of carboxylic acid groups (broad SMARTS) is 1. The maximum atomic E-state index is 13.2. The molecule has 2 atom stereocenters. The van der Waals surface area contributed by atoms with Gasteiger partial charge in [0.1, 0.15) is 11.6 Å². The van der Waals surface area contributed by atoms with E-state index in [1.54, 1.807) is 20.8 Å². The molecule has 1 amide bonds. The third-order valence-corrected chi connectivity index (χ3v) is 3.29. The molecule has 1 saturated carbocycles. The average molecular weight is 263 g/mol. The summed E-state index contributed by atoms with van der Waals surface area (Å²) in [4.78, 5) is 23.6. The lowest BCUT2D eigenvalue weighted by molar-refractivity contribution is -0.161. The maximum Gasteiger partial charge on any atom is 0.411 e. The monoisotopic (exact) mass is 263 g/mol. The highest BCUT2D eigenvalue weighted by atomic mass is 19.3. The van der Waals surface area contributed by atoms with Crippen LogP contribution in [0.3, 0.4) is 0 Å². The Balaban J connectivity index is 2.09. The van der Waals surface area contributed by atoms with E-state index in [2.05, 4.69) is 0 Å². The number of ether oxygens (including phenoxy) is 1. The molecule has 1 saturated heterocycles. The molecule has 1 aliphatic carbocycles. The third kappa shape index (κ3) is 1.72. The number of carbonyl (C=O) groups excluding carboxylic acids is 1. The molecule has 1 N–H and O–H groups in total. The minimum absolute atomic E-state index is 0.258. The Morgan fingerprint density at radius 1 is 1.39 bits per heavy atom. The highest BCUT2D eigenvalue weighted by molar-refractivity contribution is 5.85. The maximum absolute atomic E-state index is 13.2. The molecule has 5 nitrogen and oxygen atoms in total. The molecule has 2 aliphatic rings. The molecule has 0 aromatic heterocycles. The molecule has 0 aromatic rings. The number of carboxylic acids is 1. The van der Waals surface area contributed by atoms with E-state index in [1.807, 2.05) is 0 Å². The van der Waals surface area contributed by atoms with E-state index in [9.17, 15) is 18.4 Å². The minimum Gasteiger partial charge on any atom is -0.480 e. The standard InChI is InChI=1S/C11H15F2NO4/c1-9(2,3)18-8(17)14-5-10(4-11(10,12)13)6(14)7(15)16/h6H,4-5H2,1-3H3,(H,15,16)/t6?,10-/m0/s1. The lowest BCUT2D eigenvalue weighted by Gasteiger charge is -2.45. The predicted molar refractivity (Wildman–Crippen MR) is 56.4 cm³/mol. The van der Waals surface area contributed by atoms with Crippen LogP contribution in [0.2, 0.25) is 0 Å². The summed E-state index contributed by atoms with van der Waals surface area (Å²) in [7, 11) is 0. The van der Waals surface area contributed by atoms with Gasteiger partial charge in [-0.15, -0.1) is 0 Å². The van der Waals surface area contributed by atoms with Crippen molar-refractivity contribution in [3.63, 3.8) is 0 Å². The van der Waals surface area contributed by atoms with Crippen molar-refractivity contribution in [2.24, 2.45) is 5.41 Å². The second-order valence-electron chi connectivity index (χ2n) is 5.89. The van der Waals surface area contributed by atoms with Gasteiger partial charge >= 0.3 is 12.1 Å². The summed E-state index contributed by atoms with van der Waals surface area (Å²) in [6.45, 7) is 4.62. The second kappa shape index (κ2) is 3.33. The van der Waals surface area contributed by atoms with Gasteiger partial charge in [-0.25, -0.2) is 18.4 Å². The molecule has 102 valence electrons. The topological polar surface area (TPSA) is 66.8 Å². The third-order valence-electron chi connectivity index (χ3n) is 3.29. The molecule has 1 spiro atoms. The summed E-state index contributed by atoms with van der Waals surface area (Å²) in [6.07, 6.45) is -1.33. The fourth-order valence-corrected chi connectivity index (χ4v) is 2.35. The van der Waals surface area contributed by atoms with Gasteiger partial charge < -0.3 is 9.84 Å². The van der Waals surface area contributed by atoms with Crippen LogP contribution >= 0.6 is 0 Å². The molecule has 0 aromatic carbocycles. The Morgan fingerprint density at radius 2 is 1.89 bits per heavy atom. The molecule has 7 heteroatoms. The van der Waals surface area contributed by atoms with Crippen LogP contribution in [-0.4, -0.2) is 46.2 Å². The number of halogens is 2. The first-order valence-electron chi connectivity index (χ1n) is 5.60. The number of nitrogens with zero attached hydrogens (tertiary/aromatic N) is 1. The van der Waals surface area contributed by atoms with Crippen LogP contribution in [0.25, 0.3) is 0 Å². The molecule has 1 unspecified atom stereocenters. The van der Waals surface area contributed by atoms with Crippen LogP contribution < -0.4 is 0 Å². The zero-order valence-corrected chi connectivity index (χ0v) is 10.4. The summed E-state index contributed by atoms with van der Waals surface area (Å²) < 4.78 is 31.3. The van der Waals surface area contributed by atoms with Crippen LogP contribution in [0, 0.1) is 5.41 Å². The Kier molecular flexibility index (Phi) is 2.41. The summed E-state index contributed by atoms with van der Waals surface area (Å²) in [5.74, 6) is -4.40. The Morgan fingerprint density at radius 3 is 2.22 bits per heavy atom. The number of amides is 1. The van der Waals surface area contributed by atoms with Crippen LogP contribution in [0.4, 0.5) is 13.6 Å². The van der Waals surface area contributed by atoms with E-state index in [-0.39, 0.29) is 6.54 Å². The van der Waals surface area contributed by atoms with Crippen molar-refractivity contribution in [1.29, 1.82) is 0 Å². The lowest BCUT2D eigenvalue weighted by atomic mass is 9.84. The SMILES string of the molecule is CC(C)(C)OC(=O)N1C[C@@]2(CC2(F)F)C1C(=O)O. The van der Waals surface area contributed by atoms with Gasteiger partial charge in [-0.3, -0.25) is 4.90 Å². The molecule has 2 fully saturated rings. The molecular weight excluding hydrogens is 248 g/mol. The Hall–Kier alpha value is -1.40. The van der Waals surface area contributed by atoms with E-state index in [1.165, 1.54) is 0 Å². The number of hydrogen-bond donors (Lipinski definition) is 1. The molecule has 0 bridgehead atoms. The smallest absolute Gasteiger partial charge is 0.411 e. The normalized spacial score (nSPS) is 32.9. The first-order chi connectivity index (χ1) is 8.00. The van der Waals surface area contributed by atoms with E-state index in [0.29, 0.717) is 0 Å². The quantitative estimate of drug-likeness (QED) is 0.782. The number of rotatable bonds is 1. The van der Waals surface area contributed by atoms with Crippen molar-refractivity contribution in [3.8, 4) is 0 Å². The molecule has 18 heavy (non-hydrogen) atoms. The number of likely N-dealkylation sites (tertiary alicyclic amines) is 1. The van der Waals surface area contributed by atoms with Crippen molar-refractivity contribution in [2.45, 2.75) is 44.8 Å². The van der Waals surface area contributed by atoms with E-state index in [0.717, 1.165) is 4.90 Å². The first-order valence-corrected chi connectivity index (χ1v) is 5.60. The molecule has 1 heterocycles. The molecular formula is C11H15F2NO4. The summed E-state index contributed by atoms with van der Waals surface area (Å²) in [5.41, 5.74) is -2.36. The van der Waals surface area contributed by atoms with Crippen molar-refractivity contribution >= 4 is 12.1 Å². The van der Waals surface area contributed by atoms with Gasteiger partial charge in [0.05, 0.1) is 5.41 Å². The molecule has 2 rings (SSSR count). The fourth-order valence-electron chi connectivity index (χ4n) is 2.35. The van der Waals surface area contributed by atoms with Crippen LogP contribution in [0.1, 0.15) is 27.2 Å². The van der Waals surface area contributed by atoms with Gasteiger partial charge in [-0.2, -0.15) is 0 Å². The second-order valence-corrected chi connectivity index (χ2v) is 5.89. The molecule has 1 aliphatic heterocycles. The number of hydrogen-bond acceptors (Lipinski definition) is 3. The first kappa shape index (κ1) is 13.0. The lowest BCUT2D eigenvalue weighted by Crippen LogP contribution is -2.66. The fraction of sp³-hybridized carbons (Fsp3) is 0.818.